The van der Waals surface area contributed by atoms with Gasteiger partial charge in [0.1, 0.15) is 5.75 Å². The second kappa shape index (κ2) is 6.76. The van der Waals surface area contributed by atoms with E-state index >= 15 is 0 Å². The van der Waals surface area contributed by atoms with Crippen LogP contribution in [0.3, 0.4) is 0 Å². The number of nitrogens with zero attached hydrogens (tertiary/aromatic N) is 1. The Labute approximate surface area is 111 Å². The maximum Gasteiger partial charge on any atom is 0.123 e. The second-order valence-electron chi connectivity index (χ2n) is 5.38. The molecule has 0 bridgehead atoms. The molecule has 18 heavy (non-hydrogen) atoms. The molecule has 0 heterocycles. The van der Waals surface area contributed by atoms with Gasteiger partial charge in [0.05, 0.1) is 13.2 Å². The first kappa shape index (κ1) is 15.0. The number of likely N-dealkylation sites (N-methyl/N-ethyl adjacent to an activating group) is 1. The van der Waals surface area contributed by atoms with Gasteiger partial charge in [-0.05, 0) is 26.0 Å². The smallest absolute Gasteiger partial charge is 0.123 e. The zero-order chi connectivity index (χ0) is 13.7. The molecule has 0 aliphatic rings. The largest absolute Gasteiger partial charge is 0.496 e. The van der Waals surface area contributed by atoms with E-state index in [4.69, 9.17) is 10.5 Å². The molecule has 0 aromatic heterocycles. The summed E-state index contributed by atoms with van der Waals surface area (Å²) in [4.78, 5) is 2.31. The van der Waals surface area contributed by atoms with Gasteiger partial charge < -0.3 is 10.5 Å². The predicted molar refractivity (Wildman–Crippen MR) is 76.9 cm³/mol. The molecule has 0 amide bonds. The van der Waals surface area contributed by atoms with Crippen LogP contribution in [0.25, 0.3) is 0 Å². The van der Waals surface area contributed by atoms with E-state index in [9.17, 15) is 0 Å². The summed E-state index contributed by atoms with van der Waals surface area (Å²) in [6.07, 6.45) is 0. The van der Waals surface area contributed by atoms with Crippen LogP contribution in [-0.2, 0) is 0 Å². The van der Waals surface area contributed by atoms with Crippen LogP contribution in [0, 0.1) is 5.92 Å². The van der Waals surface area contributed by atoms with E-state index in [1.807, 2.05) is 25.1 Å². The number of hydrogen-bond acceptors (Lipinski definition) is 3. The summed E-state index contributed by atoms with van der Waals surface area (Å²) in [5, 5.41) is 0. The number of nitrogens with two attached hydrogens (primary N) is 1. The van der Waals surface area contributed by atoms with Crippen molar-refractivity contribution in [2.24, 2.45) is 11.7 Å². The molecule has 0 fully saturated rings. The van der Waals surface area contributed by atoms with Gasteiger partial charge in [-0.2, -0.15) is 0 Å². The molecular weight excluding hydrogens is 224 g/mol. The van der Waals surface area contributed by atoms with Gasteiger partial charge in [-0.1, -0.05) is 32.0 Å². The molecule has 0 radical (unpaired) electrons. The second-order valence-corrected chi connectivity index (χ2v) is 5.38. The van der Waals surface area contributed by atoms with Crippen molar-refractivity contribution >= 4 is 0 Å². The molecular formula is C15H26N2O. The molecule has 2 atom stereocenters. The minimum atomic E-state index is 0.0602. The highest BCUT2D eigenvalue weighted by atomic mass is 16.5. The van der Waals surface area contributed by atoms with Crippen molar-refractivity contribution in [3.63, 3.8) is 0 Å². The zero-order valence-corrected chi connectivity index (χ0v) is 12.2. The van der Waals surface area contributed by atoms with E-state index in [-0.39, 0.29) is 12.1 Å². The Hall–Kier alpha value is -1.06. The molecule has 102 valence electrons. The zero-order valence-electron chi connectivity index (χ0n) is 12.2. The number of hydrogen-bond donors (Lipinski definition) is 1. The minimum Gasteiger partial charge on any atom is -0.496 e. The summed E-state index contributed by atoms with van der Waals surface area (Å²) in [5.41, 5.74) is 7.34. The third-order valence-electron chi connectivity index (χ3n) is 3.08. The summed E-state index contributed by atoms with van der Waals surface area (Å²) in [5.74, 6) is 1.53. The van der Waals surface area contributed by atoms with Gasteiger partial charge in [-0.15, -0.1) is 0 Å². The van der Waals surface area contributed by atoms with E-state index in [1.165, 1.54) is 0 Å². The average Bonchev–Trinajstić information content (AvgIpc) is 2.28. The molecule has 1 aromatic rings. The predicted octanol–water partition coefficient (Wildman–Crippen LogP) is 2.67. The Bertz CT molecular complexity index is 363. The van der Waals surface area contributed by atoms with Gasteiger partial charge in [-0.3, -0.25) is 4.90 Å². The van der Waals surface area contributed by atoms with E-state index in [0.29, 0.717) is 5.92 Å². The van der Waals surface area contributed by atoms with Crippen molar-refractivity contribution in [3.8, 4) is 5.75 Å². The summed E-state index contributed by atoms with van der Waals surface area (Å²) >= 11 is 0. The minimum absolute atomic E-state index is 0.0602. The van der Waals surface area contributed by atoms with Gasteiger partial charge >= 0.3 is 0 Å². The van der Waals surface area contributed by atoms with E-state index in [1.54, 1.807) is 7.11 Å². The molecule has 0 aliphatic heterocycles. The van der Waals surface area contributed by atoms with Crippen LogP contribution in [0.2, 0.25) is 0 Å². The van der Waals surface area contributed by atoms with Crippen molar-refractivity contribution < 1.29 is 4.74 Å². The van der Waals surface area contributed by atoms with Crippen LogP contribution in [-0.4, -0.2) is 31.6 Å². The fourth-order valence-electron chi connectivity index (χ4n) is 2.52. The highest BCUT2D eigenvalue weighted by molar-refractivity contribution is 5.36. The van der Waals surface area contributed by atoms with Crippen LogP contribution >= 0.6 is 0 Å². The Morgan fingerprint density at radius 3 is 2.33 bits per heavy atom. The lowest BCUT2D eigenvalue weighted by atomic mass is 9.97. The molecule has 3 nitrogen and oxygen atoms in total. The standard InChI is InChI=1S/C15H26N2O/c1-11(2)10-17(4)15(12(3)16)13-8-6-7-9-14(13)18-5/h6-9,11-12,15H,10,16H2,1-5H3. The van der Waals surface area contributed by atoms with Gasteiger partial charge in [0.25, 0.3) is 0 Å². The molecule has 2 unspecified atom stereocenters. The van der Waals surface area contributed by atoms with Crippen LogP contribution in [0.15, 0.2) is 24.3 Å². The van der Waals surface area contributed by atoms with Crippen molar-refractivity contribution in [2.75, 3.05) is 20.7 Å². The van der Waals surface area contributed by atoms with Crippen molar-refractivity contribution in [3.05, 3.63) is 29.8 Å². The normalized spacial score (nSPS) is 14.9. The molecule has 0 spiro atoms. The summed E-state index contributed by atoms with van der Waals surface area (Å²) in [7, 11) is 3.83. The molecule has 1 rings (SSSR count). The molecule has 0 saturated carbocycles. The van der Waals surface area contributed by atoms with Crippen LogP contribution in [0.1, 0.15) is 32.4 Å². The third-order valence-corrected chi connectivity index (χ3v) is 3.08. The van der Waals surface area contributed by atoms with Crippen molar-refractivity contribution in [2.45, 2.75) is 32.9 Å². The van der Waals surface area contributed by atoms with Crippen LogP contribution < -0.4 is 10.5 Å². The lowest BCUT2D eigenvalue weighted by molar-refractivity contribution is 0.193. The third kappa shape index (κ3) is 3.72. The lowest BCUT2D eigenvalue weighted by Crippen LogP contribution is -2.39. The number of para-hydroxylation sites is 1. The molecule has 2 N–H and O–H groups in total. The molecule has 3 heteroatoms. The Morgan fingerprint density at radius 2 is 1.83 bits per heavy atom. The average molecular weight is 250 g/mol. The van der Waals surface area contributed by atoms with Gasteiger partial charge in [0, 0.05) is 18.2 Å². The van der Waals surface area contributed by atoms with Gasteiger partial charge in [0.2, 0.25) is 0 Å². The van der Waals surface area contributed by atoms with Crippen molar-refractivity contribution in [1.82, 2.24) is 4.90 Å². The SMILES string of the molecule is COc1ccccc1C(C(C)N)N(C)CC(C)C. The summed E-state index contributed by atoms with van der Waals surface area (Å²) in [6.45, 7) is 7.51. The van der Waals surface area contributed by atoms with E-state index < -0.39 is 0 Å². The first-order valence-electron chi connectivity index (χ1n) is 6.56. The first-order chi connectivity index (χ1) is 8.47. The van der Waals surface area contributed by atoms with E-state index in [2.05, 4.69) is 31.9 Å². The highest BCUT2D eigenvalue weighted by Crippen LogP contribution is 2.30. The number of benzene rings is 1. The molecule has 1 aromatic carbocycles. The Balaban J connectivity index is 3.04. The van der Waals surface area contributed by atoms with Crippen molar-refractivity contribution in [1.29, 1.82) is 0 Å². The number of ether oxygens (including phenoxy) is 1. The van der Waals surface area contributed by atoms with Crippen LogP contribution in [0.4, 0.5) is 0 Å². The van der Waals surface area contributed by atoms with Crippen LogP contribution in [0.5, 0.6) is 5.75 Å². The molecule has 0 saturated heterocycles. The fraction of sp³-hybridized carbons (Fsp3) is 0.600. The number of methoxy groups -OCH3 is 1. The number of rotatable bonds is 6. The Kier molecular flexibility index (Phi) is 5.63. The Morgan fingerprint density at radius 1 is 1.22 bits per heavy atom. The summed E-state index contributed by atoms with van der Waals surface area (Å²) < 4.78 is 5.45. The quantitative estimate of drug-likeness (QED) is 0.843. The lowest BCUT2D eigenvalue weighted by Gasteiger charge is -2.33. The van der Waals surface area contributed by atoms with Gasteiger partial charge in [-0.25, -0.2) is 0 Å². The maximum atomic E-state index is 6.17. The topological polar surface area (TPSA) is 38.5 Å². The van der Waals surface area contributed by atoms with E-state index in [0.717, 1.165) is 17.9 Å². The highest BCUT2D eigenvalue weighted by Gasteiger charge is 2.24. The fourth-order valence-corrected chi connectivity index (χ4v) is 2.52. The molecule has 0 aliphatic carbocycles. The monoisotopic (exact) mass is 250 g/mol. The van der Waals surface area contributed by atoms with Gasteiger partial charge in [0.15, 0.2) is 0 Å². The summed E-state index contributed by atoms with van der Waals surface area (Å²) in [6, 6.07) is 8.37. The maximum absolute atomic E-state index is 6.17. The first-order valence-corrected chi connectivity index (χ1v) is 6.56.